The number of nitro benzene ring substituents is 1. The predicted octanol–water partition coefficient (Wildman–Crippen LogP) is 1.82. The van der Waals surface area contributed by atoms with Crippen molar-refractivity contribution >= 4 is 17.6 Å². The predicted molar refractivity (Wildman–Crippen MR) is 69.9 cm³/mol. The smallest absolute Gasteiger partial charge is 0.371 e. The molecule has 21 heavy (non-hydrogen) atoms. The van der Waals surface area contributed by atoms with Crippen molar-refractivity contribution in [2.24, 2.45) is 0 Å². The van der Waals surface area contributed by atoms with Gasteiger partial charge in [-0.1, -0.05) is 18.2 Å². The molecule has 0 aliphatic heterocycles. The molecule has 8 heteroatoms. The number of aromatic carboxylic acids is 1. The van der Waals surface area contributed by atoms with Crippen molar-refractivity contribution < 1.29 is 24.0 Å². The summed E-state index contributed by atoms with van der Waals surface area (Å²) in [6.07, 6.45) is 0. The van der Waals surface area contributed by atoms with E-state index >= 15 is 0 Å². The van der Waals surface area contributed by atoms with Crippen molar-refractivity contribution in [1.82, 2.24) is 5.32 Å². The Morgan fingerprint density at radius 2 is 1.86 bits per heavy atom. The Morgan fingerprint density at radius 1 is 1.19 bits per heavy atom. The number of hydrogen-bond acceptors (Lipinski definition) is 5. The molecule has 0 fully saturated rings. The van der Waals surface area contributed by atoms with Crippen LogP contribution in [0.15, 0.2) is 40.8 Å². The van der Waals surface area contributed by atoms with Gasteiger partial charge in [-0.3, -0.25) is 14.9 Å². The molecule has 0 unspecified atom stereocenters. The Balaban J connectivity index is 2.07. The maximum Gasteiger partial charge on any atom is 0.371 e. The van der Waals surface area contributed by atoms with Gasteiger partial charge in [-0.15, -0.1) is 0 Å². The van der Waals surface area contributed by atoms with Gasteiger partial charge in [0.05, 0.1) is 4.92 Å². The van der Waals surface area contributed by atoms with E-state index in [9.17, 15) is 19.7 Å². The summed E-state index contributed by atoms with van der Waals surface area (Å²) in [4.78, 5) is 32.7. The van der Waals surface area contributed by atoms with Crippen molar-refractivity contribution in [1.29, 1.82) is 0 Å². The van der Waals surface area contributed by atoms with E-state index in [1.807, 2.05) is 0 Å². The fourth-order valence-electron chi connectivity index (χ4n) is 1.68. The first-order valence-electron chi connectivity index (χ1n) is 5.82. The number of hydrogen-bond donors (Lipinski definition) is 2. The van der Waals surface area contributed by atoms with Gasteiger partial charge in [0, 0.05) is 18.2 Å². The Morgan fingerprint density at radius 3 is 2.48 bits per heavy atom. The van der Waals surface area contributed by atoms with E-state index in [1.54, 1.807) is 6.07 Å². The second-order valence-electron chi connectivity index (χ2n) is 4.04. The minimum atomic E-state index is -1.28. The SMILES string of the molecule is O=C(O)c1ccc(C(=O)NCc2ccccc2[N+](=O)[O-])o1. The zero-order chi connectivity index (χ0) is 15.4. The summed E-state index contributed by atoms with van der Waals surface area (Å²) >= 11 is 0. The molecule has 1 heterocycles. The topological polar surface area (TPSA) is 123 Å². The average Bonchev–Trinajstić information content (AvgIpc) is 2.95. The summed E-state index contributed by atoms with van der Waals surface area (Å²) < 4.78 is 4.83. The monoisotopic (exact) mass is 290 g/mol. The zero-order valence-electron chi connectivity index (χ0n) is 10.6. The molecule has 0 atom stereocenters. The normalized spacial score (nSPS) is 10.1. The van der Waals surface area contributed by atoms with Crippen LogP contribution in [0.2, 0.25) is 0 Å². The number of benzene rings is 1. The van der Waals surface area contributed by atoms with Gasteiger partial charge in [0.25, 0.3) is 11.6 Å². The number of carbonyl (C=O) groups excluding carboxylic acids is 1. The number of amides is 1. The lowest BCUT2D eigenvalue weighted by Gasteiger charge is -2.04. The average molecular weight is 290 g/mol. The van der Waals surface area contributed by atoms with Gasteiger partial charge in [0.1, 0.15) is 0 Å². The maximum absolute atomic E-state index is 11.8. The van der Waals surface area contributed by atoms with Crippen LogP contribution in [-0.2, 0) is 6.54 Å². The molecule has 1 aromatic heterocycles. The molecule has 0 radical (unpaired) electrons. The third-order valence-electron chi connectivity index (χ3n) is 2.67. The number of furan rings is 1. The highest BCUT2D eigenvalue weighted by molar-refractivity contribution is 5.93. The van der Waals surface area contributed by atoms with Crippen LogP contribution in [-0.4, -0.2) is 21.9 Å². The number of para-hydroxylation sites is 1. The highest BCUT2D eigenvalue weighted by Gasteiger charge is 2.17. The Kier molecular flexibility index (Phi) is 3.98. The van der Waals surface area contributed by atoms with Crippen LogP contribution in [0.5, 0.6) is 0 Å². The lowest BCUT2D eigenvalue weighted by Crippen LogP contribution is -2.22. The highest BCUT2D eigenvalue weighted by Crippen LogP contribution is 2.17. The maximum atomic E-state index is 11.8. The summed E-state index contributed by atoms with van der Waals surface area (Å²) in [7, 11) is 0. The summed E-state index contributed by atoms with van der Waals surface area (Å²) in [6.45, 7) is -0.0703. The van der Waals surface area contributed by atoms with E-state index in [0.717, 1.165) is 6.07 Å². The van der Waals surface area contributed by atoms with Crippen LogP contribution in [0.25, 0.3) is 0 Å². The molecular formula is C13H10N2O6. The molecule has 2 N–H and O–H groups in total. The van der Waals surface area contributed by atoms with Gasteiger partial charge < -0.3 is 14.8 Å². The van der Waals surface area contributed by atoms with E-state index in [-0.39, 0.29) is 23.8 Å². The number of nitrogens with one attached hydrogen (secondary N) is 1. The first-order chi connectivity index (χ1) is 9.99. The fraction of sp³-hybridized carbons (Fsp3) is 0.0769. The van der Waals surface area contributed by atoms with E-state index in [1.165, 1.54) is 24.3 Å². The summed E-state index contributed by atoms with van der Waals surface area (Å²) in [6, 6.07) is 8.36. The van der Waals surface area contributed by atoms with Crippen LogP contribution in [0.1, 0.15) is 26.7 Å². The molecule has 2 aromatic rings. The number of carboxylic acids is 1. The Labute approximate surface area is 118 Å². The van der Waals surface area contributed by atoms with Crippen LogP contribution in [0.4, 0.5) is 5.69 Å². The number of rotatable bonds is 5. The van der Waals surface area contributed by atoms with Crippen molar-refractivity contribution in [3.63, 3.8) is 0 Å². The molecule has 8 nitrogen and oxygen atoms in total. The molecule has 1 amide bonds. The van der Waals surface area contributed by atoms with Crippen LogP contribution < -0.4 is 5.32 Å². The zero-order valence-corrected chi connectivity index (χ0v) is 10.6. The van der Waals surface area contributed by atoms with E-state index in [0.29, 0.717) is 5.56 Å². The third-order valence-corrected chi connectivity index (χ3v) is 2.67. The second kappa shape index (κ2) is 5.87. The highest BCUT2D eigenvalue weighted by atomic mass is 16.6. The van der Waals surface area contributed by atoms with Gasteiger partial charge in [0.15, 0.2) is 5.76 Å². The molecule has 1 aromatic carbocycles. The van der Waals surface area contributed by atoms with Crippen molar-refractivity contribution in [3.8, 4) is 0 Å². The van der Waals surface area contributed by atoms with Crippen molar-refractivity contribution in [3.05, 3.63) is 63.6 Å². The van der Waals surface area contributed by atoms with Crippen LogP contribution in [0.3, 0.4) is 0 Å². The lowest BCUT2D eigenvalue weighted by molar-refractivity contribution is -0.385. The van der Waals surface area contributed by atoms with Crippen molar-refractivity contribution in [2.75, 3.05) is 0 Å². The minimum Gasteiger partial charge on any atom is -0.475 e. The summed E-state index contributed by atoms with van der Waals surface area (Å²) in [5.41, 5.74) is 0.226. The van der Waals surface area contributed by atoms with Gasteiger partial charge in [-0.2, -0.15) is 0 Å². The molecule has 2 rings (SSSR count). The van der Waals surface area contributed by atoms with Crippen LogP contribution in [0, 0.1) is 10.1 Å². The molecule has 0 aliphatic carbocycles. The number of nitro groups is 1. The minimum absolute atomic E-state index is 0.0703. The van der Waals surface area contributed by atoms with E-state index in [2.05, 4.69) is 5.32 Å². The molecule has 0 saturated carbocycles. The van der Waals surface area contributed by atoms with E-state index < -0.39 is 16.8 Å². The third kappa shape index (κ3) is 3.24. The van der Waals surface area contributed by atoms with Gasteiger partial charge in [-0.25, -0.2) is 4.79 Å². The summed E-state index contributed by atoms with van der Waals surface area (Å²) in [5.74, 6) is -2.47. The fourth-order valence-corrected chi connectivity index (χ4v) is 1.68. The molecule has 0 bridgehead atoms. The number of nitrogens with zero attached hydrogens (tertiary/aromatic N) is 1. The Bertz CT molecular complexity index is 706. The second-order valence-corrected chi connectivity index (χ2v) is 4.04. The molecule has 0 saturated heterocycles. The largest absolute Gasteiger partial charge is 0.475 e. The first kappa shape index (κ1) is 14.3. The lowest BCUT2D eigenvalue weighted by atomic mass is 10.2. The van der Waals surface area contributed by atoms with Crippen molar-refractivity contribution in [2.45, 2.75) is 6.54 Å². The summed E-state index contributed by atoms with van der Waals surface area (Å²) in [5, 5.41) is 21.9. The van der Waals surface area contributed by atoms with Gasteiger partial charge >= 0.3 is 5.97 Å². The Hall–Kier alpha value is -3.16. The standard InChI is InChI=1S/C13H10N2O6/c16-12(10-5-6-11(21-10)13(17)18)14-7-8-3-1-2-4-9(8)15(19)20/h1-6H,7H2,(H,14,16)(H,17,18). The molecule has 108 valence electrons. The van der Waals surface area contributed by atoms with Gasteiger partial charge in [-0.05, 0) is 12.1 Å². The van der Waals surface area contributed by atoms with E-state index in [4.69, 9.17) is 9.52 Å². The first-order valence-corrected chi connectivity index (χ1v) is 5.82. The molecule has 0 aliphatic rings. The van der Waals surface area contributed by atoms with Crippen LogP contribution >= 0.6 is 0 Å². The quantitative estimate of drug-likeness (QED) is 0.639. The molecule has 0 spiro atoms. The van der Waals surface area contributed by atoms with Gasteiger partial charge in [0.2, 0.25) is 5.76 Å². The number of carbonyl (C=O) groups is 2. The molecular weight excluding hydrogens is 280 g/mol. The number of carboxylic acid groups (broad SMARTS) is 1.